The van der Waals surface area contributed by atoms with Gasteiger partial charge in [0.25, 0.3) is 0 Å². The molecule has 0 aliphatic carbocycles. The summed E-state index contributed by atoms with van der Waals surface area (Å²) in [5.74, 6) is -0.948. The molecule has 1 aliphatic rings. The fourth-order valence-electron chi connectivity index (χ4n) is 2.24. The number of hydrogen-bond donors (Lipinski definition) is 3. The number of rotatable bonds is 5. The van der Waals surface area contributed by atoms with Gasteiger partial charge in [0.1, 0.15) is 5.60 Å². The number of nitrogens with one attached hydrogen (secondary N) is 1. The van der Waals surface area contributed by atoms with E-state index in [1.54, 1.807) is 18.2 Å². The largest absolute Gasteiger partial charge is 0.478 e. The van der Waals surface area contributed by atoms with Crippen LogP contribution in [0.4, 0.5) is 0 Å². The molecule has 20 heavy (non-hydrogen) atoms. The van der Waals surface area contributed by atoms with Gasteiger partial charge in [-0.3, -0.25) is 0 Å². The van der Waals surface area contributed by atoms with E-state index in [1.807, 2.05) is 6.92 Å². The highest BCUT2D eigenvalue weighted by molar-refractivity contribution is 9.10. The van der Waals surface area contributed by atoms with Crippen molar-refractivity contribution in [2.75, 3.05) is 13.2 Å². The Bertz CT molecular complexity index is 508. The van der Waals surface area contributed by atoms with Crippen LogP contribution >= 0.6 is 15.9 Å². The first-order chi connectivity index (χ1) is 9.42. The smallest absolute Gasteiger partial charge is 0.335 e. The number of benzene rings is 1. The molecule has 110 valence electrons. The first kappa shape index (κ1) is 15.4. The molecule has 1 saturated heterocycles. The van der Waals surface area contributed by atoms with E-state index in [0.717, 1.165) is 10.0 Å². The minimum Gasteiger partial charge on any atom is -0.478 e. The van der Waals surface area contributed by atoms with E-state index in [-0.39, 0.29) is 11.7 Å². The standard InChI is InChI=1S/C14H18BrNO4/c1-9-14(19,4-5-20-9)8-16-7-11-3-2-10(13(17)18)6-12(11)15/h2-3,6,9,16,19H,4-5,7-8H2,1H3,(H,17,18). The SMILES string of the molecule is CC1OCCC1(O)CNCc1ccc(C(=O)O)cc1Br. The normalized spacial score (nSPS) is 25.9. The van der Waals surface area contributed by atoms with Crippen LogP contribution in [0.5, 0.6) is 0 Å². The third-order valence-electron chi connectivity index (χ3n) is 3.71. The zero-order valence-electron chi connectivity index (χ0n) is 11.2. The van der Waals surface area contributed by atoms with Gasteiger partial charge < -0.3 is 20.3 Å². The van der Waals surface area contributed by atoms with Crippen LogP contribution in [0.2, 0.25) is 0 Å². The molecule has 2 rings (SSSR count). The predicted molar refractivity (Wildman–Crippen MR) is 77.8 cm³/mol. The van der Waals surface area contributed by atoms with E-state index in [1.165, 1.54) is 0 Å². The lowest BCUT2D eigenvalue weighted by Gasteiger charge is -2.26. The van der Waals surface area contributed by atoms with E-state index in [2.05, 4.69) is 21.2 Å². The van der Waals surface area contributed by atoms with Crippen LogP contribution in [0.25, 0.3) is 0 Å². The summed E-state index contributed by atoms with van der Waals surface area (Å²) in [6.07, 6.45) is 0.452. The first-order valence-corrected chi connectivity index (χ1v) is 7.28. The van der Waals surface area contributed by atoms with Gasteiger partial charge in [0.15, 0.2) is 0 Å². The Morgan fingerprint density at radius 1 is 1.60 bits per heavy atom. The predicted octanol–water partition coefficient (Wildman–Crippen LogP) is 1.78. The molecular weight excluding hydrogens is 326 g/mol. The zero-order chi connectivity index (χ0) is 14.8. The summed E-state index contributed by atoms with van der Waals surface area (Å²) < 4.78 is 6.12. The van der Waals surface area contributed by atoms with Gasteiger partial charge in [0, 0.05) is 30.6 Å². The summed E-state index contributed by atoms with van der Waals surface area (Å²) in [7, 11) is 0. The van der Waals surface area contributed by atoms with Crippen molar-refractivity contribution in [2.45, 2.75) is 31.6 Å². The first-order valence-electron chi connectivity index (χ1n) is 6.49. The molecule has 0 aromatic heterocycles. The molecule has 3 N–H and O–H groups in total. The molecule has 1 aliphatic heterocycles. The van der Waals surface area contributed by atoms with Crippen LogP contribution in [0.1, 0.15) is 29.3 Å². The maximum Gasteiger partial charge on any atom is 0.335 e. The molecule has 0 spiro atoms. The summed E-state index contributed by atoms with van der Waals surface area (Å²) in [5, 5.41) is 22.4. The molecule has 1 aromatic carbocycles. The second kappa shape index (κ2) is 6.22. The molecule has 1 heterocycles. The highest BCUT2D eigenvalue weighted by Crippen LogP contribution is 2.25. The topological polar surface area (TPSA) is 78.8 Å². The van der Waals surface area contributed by atoms with Gasteiger partial charge >= 0.3 is 5.97 Å². The van der Waals surface area contributed by atoms with Gasteiger partial charge in [-0.1, -0.05) is 22.0 Å². The highest BCUT2D eigenvalue weighted by Gasteiger charge is 2.38. The minimum absolute atomic E-state index is 0.173. The van der Waals surface area contributed by atoms with E-state index in [9.17, 15) is 9.90 Å². The maximum atomic E-state index is 10.8. The van der Waals surface area contributed by atoms with Crippen molar-refractivity contribution in [1.82, 2.24) is 5.32 Å². The quantitative estimate of drug-likeness (QED) is 0.759. The van der Waals surface area contributed by atoms with E-state index in [4.69, 9.17) is 9.84 Å². The third kappa shape index (κ3) is 3.38. The summed E-state index contributed by atoms with van der Waals surface area (Å²) in [4.78, 5) is 10.8. The molecule has 2 unspecified atom stereocenters. The monoisotopic (exact) mass is 343 g/mol. The van der Waals surface area contributed by atoms with Crippen molar-refractivity contribution in [3.8, 4) is 0 Å². The molecule has 0 radical (unpaired) electrons. The Balaban J connectivity index is 1.93. The number of ether oxygens (including phenoxy) is 1. The Labute approximate surface area is 126 Å². The van der Waals surface area contributed by atoms with Gasteiger partial charge in [-0.05, 0) is 24.6 Å². The number of halogens is 1. The highest BCUT2D eigenvalue weighted by atomic mass is 79.9. The number of carboxylic acids is 1. The van der Waals surface area contributed by atoms with Crippen molar-refractivity contribution in [3.63, 3.8) is 0 Å². The number of carboxylic acid groups (broad SMARTS) is 1. The lowest BCUT2D eigenvalue weighted by Crippen LogP contribution is -2.45. The Kier molecular flexibility index (Phi) is 4.80. The number of aromatic carboxylic acids is 1. The lowest BCUT2D eigenvalue weighted by molar-refractivity contribution is -0.0263. The van der Waals surface area contributed by atoms with Crippen LogP contribution in [-0.4, -0.2) is 41.0 Å². The molecule has 0 saturated carbocycles. The average molecular weight is 344 g/mol. The summed E-state index contributed by atoms with van der Waals surface area (Å²) in [6.45, 7) is 3.44. The summed E-state index contributed by atoms with van der Waals surface area (Å²) in [5.41, 5.74) is 0.371. The van der Waals surface area contributed by atoms with Crippen molar-refractivity contribution in [3.05, 3.63) is 33.8 Å². The van der Waals surface area contributed by atoms with Gasteiger partial charge in [0.2, 0.25) is 0 Å². The minimum atomic E-state index is -0.948. The molecule has 0 bridgehead atoms. The molecule has 5 nitrogen and oxygen atoms in total. The molecular formula is C14H18BrNO4. The Morgan fingerprint density at radius 2 is 2.35 bits per heavy atom. The van der Waals surface area contributed by atoms with Gasteiger partial charge in [-0.15, -0.1) is 0 Å². The summed E-state index contributed by atoms with van der Waals surface area (Å²) in [6, 6.07) is 4.91. The second-order valence-corrected chi connectivity index (χ2v) is 5.94. The molecule has 6 heteroatoms. The van der Waals surface area contributed by atoms with E-state index < -0.39 is 11.6 Å². The third-order valence-corrected chi connectivity index (χ3v) is 4.44. The molecule has 1 aromatic rings. The fraction of sp³-hybridized carbons (Fsp3) is 0.500. The lowest BCUT2D eigenvalue weighted by atomic mass is 9.96. The number of hydrogen-bond acceptors (Lipinski definition) is 4. The van der Waals surface area contributed by atoms with Crippen LogP contribution in [-0.2, 0) is 11.3 Å². The van der Waals surface area contributed by atoms with Crippen LogP contribution in [0, 0.1) is 0 Å². The van der Waals surface area contributed by atoms with E-state index in [0.29, 0.717) is 26.1 Å². The van der Waals surface area contributed by atoms with Crippen molar-refractivity contribution in [2.24, 2.45) is 0 Å². The molecule has 1 fully saturated rings. The number of carbonyl (C=O) groups is 1. The van der Waals surface area contributed by atoms with Crippen LogP contribution in [0.15, 0.2) is 22.7 Å². The van der Waals surface area contributed by atoms with E-state index >= 15 is 0 Å². The summed E-state index contributed by atoms with van der Waals surface area (Å²) >= 11 is 3.36. The van der Waals surface area contributed by atoms with Gasteiger partial charge in [-0.2, -0.15) is 0 Å². The zero-order valence-corrected chi connectivity index (χ0v) is 12.8. The molecule has 2 atom stereocenters. The van der Waals surface area contributed by atoms with Crippen LogP contribution < -0.4 is 5.32 Å². The number of aliphatic hydroxyl groups is 1. The van der Waals surface area contributed by atoms with Crippen LogP contribution in [0.3, 0.4) is 0 Å². The van der Waals surface area contributed by atoms with Crippen molar-refractivity contribution in [1.29, 1.82) is 0 Å². The van der Waals surface area contributed by atoms with Crippen molar-refractivity contribution >= 4 is 21.9 Å². The second-order valence-electron chi connectivity index (χ2n) is 5.08. The Hall–Kier alpha value is -0.950. The fourth-order valence-corrected chi connectivity index (χ4v) is 2.76. The molecule has 0 amide bonds. The van der Waals surface area contributed by atoms with Gasteiger partial charge in [0.05, 0.1) is 11.7 Å². The average Bonchev–Trinajstić information content (AvgIpc) is 2.71. The van der Waals surface area contributed by atoms with Crippen molar-refractivity contribution < 1.29 is 19.7 Å². The Morgan fingerprint density at radius 3 is 2.90 bits per heavy atom. The van der Waals surface area contributed by atoms with Gasteiger partial charge in [-0.25, -0.2) is 4.79 Å². The maximum absolute atomic E-state index is 10.8.